The van der Waals surface area contributed by atoms with Crippen molar-refractivity contribution in [1.82, 2.24) is 0 Å². The highest BCUT2D eigenvalue weighted by atomic mass is 79.9. The van der Waals surface area contributed by atoms with Gasteiger partial charge in [-0.1, -0.05) is 39.7 Å². The molecule has 0 aromatic heterocycles. The number of benzene rings is 1. The Labute approximate surface area is 94.0 Å². The van der Waals surface area contributed by atoms with Crippen LogP contribution in [0.25, 0.3) is 0 Å². The summed E-state index contributed by atoms with van der Waals surface area (Å²) in [5.41, 5.74) is 0.741. The van der Waals surface area contributed by atoms with Gasteiger partial charge in [0.1, 0.15) is 0 Å². The van der Waals surface area contributed by atoms with Crippen LogP contribution in [0.15, 0.2) is 23.1 Å². The van der Waals surface area contributed by atoms with E-state index in [1.165, 1.54) is 0 Å². The molecule has 0 N–H and O–H groups in total. The van der Waals surface area contributed by atoms with Crippen molar-refractivity contribution >= 4 is 45.1 Å². The van der Waals surface area contributed by atoms with Gasteiger partial charge in [-0.3, -0.25) is 4.79 Å². The van der Waals surface area contributed by atoms with Gasteiger partial charge in [0, 0.05) is 16.2 Å². The highest BCUT2D eigenvalue weighted by molar-refractivity contribution is 9.10. The molecule has 68 valence electrons. The molecule has 0 fully saturated rings. The maximum Gasteiger partial charge on any atom is 0.178 e. The maximum atomic E-state index is 11.6. The predicted octanol–water partition coefficient (Wildman–Crippen LogP) is 3.39. The Morgan fingerprint density at radius 3 is 3.08 bits per heavy atom. The number of rotatable bonds is 0. The van der Waals surface area contributed by atoms with Gasteiger partial charge in [-0.05, 0) is 6.07 Å². The number of ketones is 1. The Balaban J connectivity index is 2.55. The van der Waals surface area contributed by atoms with Crippen molar-refractivity contribution in [3.63, 3.8) is 0 Å². The first-order valence-electron chi connectivity index (χ1n) is 3.80. The van der Waals surface area contributed by atoms with Gasteiger partial charge in [-0.15, -0.1) is 11.8 Å². The fraction of sp³-hybridized carbons (Fsp3) is 0.222. The van der Waals surface area contributed by atoms with Crippen LogP contribution in [0.3, 0.4) is 0 Å². The molecule has 0 radical (unpaired) electrons. The molecule has 0 amide bonds. The summed E-state index contributed by atoms with van der Waals surface area (Å²) < 4.78 is 0. The summed E-state index contributed by atoms with van der Waals surface area (Å²) in [6.45, 7) is 0. The van der Waals surface area contributed by atoms with Crippen LogP contribution in [0.2, 0.25) is 5.02 Å². The van der Waals surface area contributed by atoms with Gasteiger partial charge in [0.05, 0.1) is 9.85 Å². The van der Waals surface area contributed by atoms with Gasteiger partial charge < -0.3 is 0 Å². The van der Waals surface area contributed by atoms with Crippen LogP contribution in [0.4, 0.5) is 0 Å². The predicted molar refractivity (Wildman–Crippen MR) is 59.2 cm³/mol. The van der Waals surface area contributed by atoms with E-state index in [1.807, 2.05) is 18.2 Å². The number of alkyl halides is 1. The number of Topliss-reactive ketones (excluding diaryl/α,β-unsaturated/α-hetero) is 1. The van der Waals surface area contributed by atoms with E-state index in [9.17, 15) is 4.79 Å². The summed E-state index contributed by atoms with van der Waals surface area (Å²) in [4.78, 5) is 12.5. The number of carbonyl (C=O) groups excluding carboxylic acids is 1. The molecule has 1 aromatic rings. The fourth-order valence-electron chi connectivity index (χ4n) is 1.25. The van der Waals surface area contributed by atoms with Gasteiger partial charge in [0.2, 0.25) is 0 Å². The summed E-state index contributed by atoms with van der Waals surface area (Å²) in [6.07, 6.45) is 0. The molecule has 2 rings (SSSR count). The molecule has 1 heterocycles. The Morgan fingerprint density at radius 2 is 2.31 bits per heavy atom. The largest absolute Gasteiger partial charge is 0.293 e. The average molecular weight is 278 g/mol. The van der Waals surface area contributed by atoms with Crippen LogP contribution < -0.4 is 0 Å². The van der Waals surface area contributed by atoms with Crippen LogP contribution in [0.1, 0.15) is 10.4 Å². The molecule has 4 heteroatoms. The van der Waals surface area contributed by atoms with Crippen molar-refractivity contribution < 1.29 is 4.79 Å². The van der Waals surface area contributed by atoms with E-state index in [2.05, 4.69) is 15.9 Å². The molecule has 0 bridgehead atoms. The summed E-state index contributed by atoms with van der Waals surface area (Å²) in [6, 6.07) is 5.45. The molecule has 1 nitrogen and oxygen atoms in total. The molecular weight excluding hydrogens is 272 g/mol. The molecule has 13 heavy (non-hydrogen) atoms. The first-order chi connectivity index (χ1) is 6.20. The standard InChI is InChI=1S/C9H6BrClOS/c10-6-4-13-9-5(8(6)12)2-1-3-7(9)11/h1-3,6H,4H2. The number of fused-ring (bicyclic) bond motifs is 1. The number of hydrogen-bond donors (Lipinski definition) is 0. The monoisotopic (exact) mass is 276 g/mol. The number of halogens is 2. The van der Waals surface area contributed by atoms with Gasteiger partial charge >= 0.3 is 0 Å². The van der Waals surface area contributed by atoms with E-state index < -0.39 is 0 Å². The fourth-order valence-corrected chi connectivity index (χ4v) is 3.23. The Bertz CT molecular complexity index is 367. The van der Waals surface area contributed by atoms with E-state index in [4.69, 9.17) is 11.6 Å². The second-order valence-corrected chi connectivity index (χ2v) is 5.30. The van der Waals surface area contributed by atoms with E-state index in [0.29, 0.717) is 5.02 Å². The first kappa shape index (κ1) is 9.56. The van der Waals surface area contributed by atoms with Gasteiger partial charge in [0.15, 0.2) is 5.78 Å². The maximum absolute atomic E-state index is 11.6. The van der Waals surface area contributed by atoms with E-state index in [-0.39, 0.29) is 10.6 Å². The van der Waals surface area contributed by atoms with Gasteiger partial charge in [-0.25, -0.2) is 0 Å². The van der Waals surface area contributed by atoms with Crippen LogP contribution >= 0.6 is 39.3 Å². The van der Waals surface area contributed by atoms with Crippen molar-refractivity contribution in [2.24, 2.45) is 0 Å². The van der Waals surface area contributed by atoms with Gasteiger partial charge in [-0.2, -0.15) is 0 Å². The zero-order valence-electron chi connectivity index (χ0n) is 6.59. The minimum atomic E-state index is -0.0662. The van der Waals surface area contributed by atoms with E-state index in [0.717, 1.165) is 16.2 Å². The zero-order chi connectivity index (χ0) is 9.42. The lowest BCUT2D eigenvalue weighted by Crippen LogP contribution is -2.21. The summed E-state index contributed by atoms with van der Waals surface area (Å²) in [7, 11) is 0. The van der Waals surface area contributed by atoms with Crippen molar-refractivity contribution in [3.8, 4) is 0 Å². The average Bonchev–Trinajstić information content (AvgIpc) is 2.12. The quantitative estimate of drug-likeness (QED) is 0.676. The highest BCUT2D eigenvalue weighted by Gasteiger charge is 2.26. The lowest BCUT2D eigenvalue weighted by molar-refractivity contribution is 0.0992. The summed E-state index contributed by atoms with van der Waals surface area (Å²) >= 11 is 10.9. The SMILES string of the molecule is O=C1c2cccc(Cl)c2SCC1Br. The molecule has 1 atom stereocenters. The molecular formula is C9H6BrClOS. The van der Waals surface area contributed by atoms with Gasteiger partial charge in [0.25, 0.3) is 0 Å². The Morgan fingerprint density at radius 1 is 1.54 bits per heavy atom. The first-order valence-corrected chi connectivity index (χ1v) is 6.07. The van der Waals surface area contributed by atoms with Crippen molar-refractivity contribution in [2.45, 2.75) is 9.72 Å². The number of hydrogen-bond acceptors (Lipinski definition) is 2. The van der Waals surface area contributed by atoms with Crippen molar-refractivity contribution in [3.05, 3.63) is 28.8 Å². The molecule has 0 aliphatic carbocycles. The Hall–Kier alpha value is 0.01000. The summed E-state index contributed by atoms with van der Waals surface area (Å²) in [5.74, 6) is 0.895. The number of carbonyl (C=O) groups is 1. The molecule has 0 saturated heterocycles. The van der Waals surface area contributed by atoms with Crippen LogP contribution in [-0.2, 0) is 0 Å². The molecule has 0 saturated carbocycles. The Kier molecular flexibility index (Phi) is 2.67. The zero-order valence-corrected chi connectivity index (χ0v) is 9.75. The smallest absolute Gasteiger partial charge is 0.178 e. The lowest BCUT2D eigenvalue weighted by atomic mass is 10.1. The third kappa shape index (κ3) is 1.65. The summed E-state index contributed by atoms with van der Waals surface area (Å²) in [5, 5.41) is 0.676. The van der Waals surface area contributed by atoms with Crippen LogP contribution in [0.5, 0.6) is 0 Å². The second kappa shape index (κ2) is 3.64. The topological polar surface area (TPSA) is 17.1 Å². The third-order valence-electron chi connectivity index (χ3n) is 1.89. The molecule has 1 unspecified atom stereocenters. The van der Waals surface area contributed by atoms with Crippen molar-refractivity contribution in [1.29, 1.82) is 0 Å². The minimum absolute atomic E-state index is 0.0662. The molecule has 1 aliphatic heterocycles. The molecule has 0 spiro atoms. The minimum Gasteiger partial charge on any atom is -0.293 e. The lowest BCUT2D eigenvalue weighted by Gasteiger charge is -2.18. The highest BCUT2D eigenvalue weighted by Crippen LogP contribution is 2.37. The second-order valence-electron chi connectivity index (χ2n) is 2.76. The van der Waals surface area contributed by atoms with Crippen LogP contribution in [-0.4, -0.2) is 16.4 Å². The molecule has 1 aliphatic rings. The van der Waals surface area contributed by atoms with E-state index in [1.54, 1.807) is 11.8 Å². The van der Waals surface area contributed by atoms with Crippen molar-refractivity contribution in [2.75, 3.05) is 5.75 Å². The van der Waals surface area contributed by atoms with E-state index >= 15 is 0 Å². The molecule has 1 aromatic carbocycles. The van der Waals surface area contributed by atoms with Crippen LogP contribution in [0, 0.1) is 0 Å². The normalized spacial score (nSPS) is 21.4. The number of thioether (sulfide) groups is 1. The third-order valence-corrected chi connectivity index (χ3v) is 4.71.